The van der Waals surface area contributed by atoms with E-state index in [-0.39, 0.29) is 29.7 Å². The van der Waals surface area contributed by atoms with Crippen molar-refractivity contribution in [2.75, 3.05) is 25.0 Å². The average molecular weight is 436 g/mol. The van der Waals surface area contributed by atoms with Gasteiger partial charge in [-0.15, -0.1) is 0 Å². The molecule has 7 nitrogen and oxygen atoms in total. The second-order valence-electron chi connectivity index (χ2n) is 6.67. The number of carbonyl (C=O) groups is 2. The van der Waals surface area contributed by atoms with Crippen molar-refractivity contribution in [2.45, 2.75) is 24.2 Å². The summed E-state index contributed by atoms with van der Waals surface area (Å²) in [5.74, 6) is -0.639. The fraction of sp³-hybridized carbons (Fsp3) is 0.300. The molecule has 1 saturated heterocycles. The third kappa shape index (κ3) is 5.35. The van der Waals surface area contributed by atoms with Crippen LogP contribution in [0, 0.1) is 0 Å². The van der Waals surface area contributed by atoms with E-state index in [4.69, 9.17) is 11.6 Å². The fourth-order valence-electron chi connectivity index (χ4n) is 3.04. The maximum absolute atomic E-state index is 12.5. The quantitative estimate of drug-likeness (QED) is 0.699. The van der Waals surface area contributed by atoms with Crippen LogP contribution in [0.2, 0.25) is 5.02 Å². The van der Waals surface area contributed by atoms with E-state index in [0.717, 1.165) is 12.8 Å². The number of halogens is 1. The number of sulfonamides is 1. The maximum Gasteiger partial charge on any atom is 0.252 e. The number of hydrogen-bond donors (Lipinski definition) is 2. The molecule has 0 atom stereocenters. The molecule has 2 amide bonds. The van der Waals surface area contributed by atoms with E-state index in [9.17, 15) is 18.0 Å². The molecule has 9 heteroatoms. The highest BCUT2D eigenvalue weighted by Crippen LogP contribution is 2.22. The number of amides is 2. The van der Waals surface area contributed by atoms with Crippen LogP contribution in [0.15, 0.2) is 53.4 Å². The summed E-state index contributed by atoms with van der Waals surface area (Å²) >= 11 is 5.97. The first-order valence-corrected chi connectivity index (χ1v) is 11.1. The highest BCUT2D eigenvalue weighted by molar-refractivity contribution is 7.89. The van der Waals surface area contributed by atoms with Gasteiger partial charge in [0.05, 0.1) is 15.5 Å². The zero-order valence-electron chi connectivity index (χ0n) is 15.7. The normalized spacial score (nSPS) is 14.5. The highest BCUT2D eigenvalue weighted by atomic mass is 35.5. The Morgan fingerprint density at radius 3 is 2.31 bits per heavy atom. The Bertz CT molecular complexity index is 987. The molecule has 2 N–H and O–H groups in total. The van der Waals surface area contributed by atoms with Crippen molar-refractivity contribution in [3.05, 3.63) is 59.1 Å². The van der Waals surface area contributed by atoms with Crippen LogP contribution < -0.4 is 10.6 Å². The predicted octanol–water partition coefficient (Wildman–Crippen LogP) is 2.88. The van der Waals surface area contributed by atoms with E-state index >= 15 is 0 Å². The van der Waals surface area contributed by atoms with Crippen molar-refractivity contribution in [2.24, 2.45) is 0 Å². The van der Waals surface area contributed by atoms with Gasteiger partial charge in [0.1, 0.15) is 0 Å². The Hall–Kier alpha value is -2.42. The van der Waals surface area contributed by atoms with E-state index in [1.165, 1.54) is 16.4 Å². The van der Waals surface area contributed by atoms with E-state index in [0.29, 0.717) is 29.4 Å². The summed E-state index contributed by atoms with van der Waals surface area (Å²) in [6.07, 6.45) is 1.82. The molecule has 2 aromatic carbocycles. The molecule has 0 aliphatic carbocycles. The largest absolute Gasteiger partial charge is 0.351 e. The summed E-state index contributed by atoms with van der Waals surface area (Å²) in [6.45, 7) is 1.23. The topological polar surface area (TPSA) is 95.6 Å². The fourth-order valence-corrected chi connectivity index (χ4v) is 4.78. The second-order valence-corrected chi connectivity index (χ2v) is 9.01. The van der Waals surface area contributed by atoms with Gasteiger partial charge in [-0.2, -0.15) is 4.31 Å². The lowest BCUT2D eigenvalue weighted by Crippen LogP contribution is -2.28. The highest BCUT2D eigenvalue weighted by Gasteiger charge is 2.26. The summed E-state index contributed by atoms with van der Waals surface area (Å²) in [7, 11) is -3.48. The number of carbonyl (C=O) groups excluding carboxylic acids is 2. The summed E-state index contributed by atoms with van der Waals surface area (Å²) in [6, 6.07) is 12.8. The molecule has 0 radical (unpaired) electrons. The number of benzene rings is 2. The van der Waals surface area contributed by atoms with Crippen LogP contribution in [0.3, 0.4) is 0 Å². The van der Waals surface area contributed by atoms with Crippen molar-refractivity contribution in [1.82, 2.24) is 9.62 Å². The van der Waals surface area contributed by atoms with Crippen LogP contribution >= 0.6 is 11.6 Å². The molecule has 0 spiro atoms. The van der Waals surface area contributed by atoms with Crippen LogP contribution in [-0.4, -0.2) is 44.2 Å². The number of nitrogens with one attached hydrogen (secondary N) is 2. The SMILES string of the molecule is O=C(CCNC(=O)c1ccccc1Cl)Nc1ccc(S(=O)(=O)N2CCCC2)cc1. The lowest BCUT2D eigenvalue weighted by atomic mass is 10.2. The molecule has 0 unspecified atom stereocenters. The number of rotatable bonds is 7. The van der Waals surface area contributed by atoms with Gasteiger partial charge < -0.3 is 10.6 Å². The molecule has 0 saturated carbocycles. The first-order chi connectivity index (χ1) is 13.9. The standard InChI is InChI=1S/C20H22ClN3O4S/c21-18-6-2-1-5-17(18)20(26)22-12-11-19(25)23-15-7-9-16(10-8-15)29(27,28)24-13-3-4-14-24/h1-2,5-10H,3-4,11-14H2,(H,22,26)(H,23,25). The first kappa shape index (κ1) is 21.3. The van der Waals surface area contributed by atoms with Crippen molar-refractivity contribution in [3.8, 4) is 0 Å². The minimum Gasteiger partial charge on any atom is -0.351 e. The van der Waals surface area contributed by atoms with Gasteiger partial charge in [-0.3, -0.25) is 9.59 Å². The molecule has 1 aliphatic rings. The van der Waals surface area contributed by atoms with Gasteiger partial charge in [0, 0.05) is 31.7 Å². The molecular formula is C20H22ClN3O4S. The Kier molecular flexibility index (Phi) is 6.89. The number of anilines is 1. The summed E-state index contributed by atoms with van der Waals surface area (Å²) < 4.78 is 26.5. The lowest BCUT2D eigenvalue weighted by Gasteiger charge is -2.15. The van der Waals surface area contributed by atoms with Gasteiger partial charge in [0.25, 0.3) is 5.91 Å². The van der Waals surface area contributed by atoms with E-state index in [1.807, 2.05) is 0 Å². The van der Waals surface area contributed by atoms with Gasteiger partial charge in [0.15, 0.2) is 0 Å². The number of nitrogens with zero attached hydrogens (tertiary/aromatic N) is 1. The summed E-state index contributed by atoms with van der Waals surface area (Å²) in [4.78, 5) is 24.3. The van der Waals surface area contributed by atoms with E-state index < -0.39 is 10.0 Å². The first-order valence-electron chi connectivity index (χ1n) is 9.31. The van der Waals surface area contributed by atoms with Crippen LogP contribution in [0.4, 0.5) is 5.69 Å². The number of hydrogen-bond acceptors (Lipinski definition) is 4. The van der Waals surface area contributed by atoms with Gasteiger partial charge >= 0.3 is 0 Å². The molecule has 1 fully saturated rings. The molecule has 154 valence electrons. The van der Waals surface area contributed by atoms with Crippen molar-refractivity contribution in [1.29, 1.82) is 0 Å². The third-order valence-corrected chi connectivity index (χ3v) is 6.84. The van der Waals surface area contributed by atoms with E-state index in [2.05, 4.69) is 10.6 Å². The Morgan fingerprint density at radius 1 is 1.00 bits per heavy atom. The Labute approximate surface area is 175 Å². The molecule has 0 bridgehead atoms. The van der Waals surface area contributed by atoms with Crippen LogP contribution in [-0.2, 0) is 14.8 Å². The lowest BCUT2D eigenvalue weighted by molar-refractivity contribution is -0.116. The minimum atomic E-state index is -3.48. The third-order valence-electron chi connectivity index (χ3n) is 4.60. The molecule has 3 rings (SSSR count). The Morgan fingerprint density at radius 2 is 1.66 bits per heavy atom. The molecular weight excluding hydrogens is 414 g/mol. The second kappa shape index (κ2) is 9.39. The zero-order valence-corrected chi connectivity index (χ0v) is 17.3. The Balaban J connectivity index is 1.49. The van der Waals surface area contributed by atoms with Crippen LogP contribution in [0.1, 0.15) is 29.6 Å². The predicted molar refractivity (Wildman–Crippen MR) is 111 cm³/mol. The molecule has 0 aromatic heterocycles. The van der Waals surface area contributed by atoms with Crippen LogP contribution in [0.25, 0.3) is 0 Å². The zero-order chi connectivity index (χ0) is 20.9. The molecule has 1 heterocycles. The smallest absolute Gasteiger partial charge is 0.252 e. The summed E-state index contributed by atoms with van der Waals surface area (Å²) in [5.41, 5.74) is 0.845. The maximum atomic E-state index is 12.5. The average Bonchev–Trinajstić information content (AvgIpc) is 3.24. The van der Waals surface area contributed by atoms with E-state index in [1.54, 1.807) is 36.4 Å². The van der Waals surface area contributed by atoms with Crippen LogP contribution in [0.5, 0.6) is 0 Å². The van der Waals surface area contributed by atoms with Crippen molar-refractivity contribution >= 4 is 39.1 Å². The monoisotopic (exact) mass is 435 g/mol. The summed E-state index contributed by atoms with van der Waals surface area (Å²) in [5, 5.41) is 5.68. The van der Waals surface area contributed by atoms with Gasteiger partial charge in [-0.1, -0.05) is 23.7 Å². The van der Waals surface area contributed by atoms with Crippen molar-refractivity contribution < 1.29 is 18.0 Å². The van der Waals surface area contributed by atoms with Gasteiger partial charge in [-0.05, 0) is 49.2 Å². The molecule has 29 heavy (non-hydrogen) atoms. The van der Waals surface area contributed by atoms with Gasteiger partial charge in [0.2, 0.25) is 15.9 Å². The van der Waals surface area contributed by atoms with Gasteiger partial charge in [-0.25, -0.2) is 8.42 Å². The molecule has 1 aliphatic heterocycles. The molecule has 2 aromatic rings. The van der Waals surface area contributed by atoms with Crippen molar-refractivity contribution in [3.63, 3.8) is 0 Å². The minimum absolute atomic E-state index is 0.0734.